The first-order valence-electron chi connectivity index (χ1n) is 10.3. The fraction of sp³-hybridized carbons (Fsp3) is 0.217. The van der Waals surface area contributed by atoms with E-state index in [0.29, 0.717) is 31.9 Å². The van der Waals surface area contributed by atoms with E-state index in [1.807, 2.05) is 67.2 Å². The van der Waals surface area contributed by atoms with Crippen LogP contribution >= 0.6 is 46.3 Å². The van der Waals surface area contributed by atoms with Crippen LogP contribution in [0.15, 0.2) is 53.0 Å². The molecule has 0 aliphatic carbocycles. The molecule has 1 unspecified atom stereocenters. The number of halogens is 2. The van der Waals surface area contributed by atoms with Crippen LogP contribution in [0.25, 0.3) is 11.3 Å². The molecule has 4 aromatic rings. The molecule has 0 saturated heterocycles. The van der Waals surface area contributed by atoms with E-state index in [4.69, 9.17) is 27.9 Å². The molecular formula is C23H21Cl2N5O2S2. The fourth-order valence-corrected chi connectivity index (χ4v) is 4.86. The van der Waals surface area contributed by atoms with Gasteiger partial charge < -0.3 is 14.6 Å². The Morgan fingerprint density at radius 3 is 2.74 bits per heavy atom. The SMILES string of the molecule is Cc1ccc(Cl)c(OC(C)c2nnc(SCC(=O)Nc3nc(-c4ccc(Cl)cc4)cs3)n2C)c1. The monoisotopic (exact) mass is 533 g/mol. The molecule has 0 aliphatic heterocycles. The number of carbonyl (C=O) groups excluding carboxylic acids is 1. The van der Waals surface area contributed by atoms with Crippen molar-refractivity contribution in [1.29, 1.82) is 0 Å². The van der Waals surface area contributed by atoms with Gasteiger partial charge in [-0.3, -0.25) is 4.79 Å². The molecule has 0 spiro atoms. The van der Waals surface area contributed by atoms with Gasteiger partial charge in [0.05, 0.1) is 16.5 Å². The minimum absolute atomic E-state index is 0.167. The Morgan fingerprint density at radius 1 is 1.21 bits per heavy atom. The predicted octanol–water partition coefficient (Wildman–Crippen LogP) is 6.42. The first-order valence-corrected chi connectivity index (χ1v) is 12.9. The summed E-state index contributed by atoms with van der Waals surface area (Å²) >= 11 is 14.8. The van der Waals surface area contributed by atoms with Crippen LogP contribution in [0, 0.1) is 6.92 Å². The van der Waals surface area contributed by atoms with Gasteiger partial charge in [-0.25, -0.2) is 4.98 Å². The standard InChI is InChI=1S/C23H21Cl2N5O2S2/c1-13-4-9-17(25)19(10-13)32-14(2)21-28-29-23(30(21)3)34-12-20(31)27-22-26-18(11-33-22)15-5-7-16(24)8-6-15/h4-11,14H,12H2,1-3H3,(H,26,27,31). The number of thiazole rings is 1. The largest absolute Gasteiger partial charge is 0.481 e. The van der Waals surface area contributed by atoms with Gasteiger partial charge in [-0.05, 0) is 43.7 Å². The number of nitrogens with zero attached hydrogens (tertiary/aromatic N) is 4. The number of nitrogens with one attached hydrogen (secondary N) is 1. The number of ether oxygens (including phenoxy) is 1. The normalized spacial score (nSPS) is 11.9. The van der Waals surface area contributed by atoms with E-state index in [1.165, 1.54) is 23.1 Å². The van der Waals surface area contributed by atoms with Gasteiger partial charge in [-0.2, -0.15) is 0 Å². The number of aromatic nitrogens is 4. The minimum atomic E-state index is -0.374. The molecule has 1 N–H and O–H groups in total. The molecule has 0 fully saturated rings. The number of benzene rings is 2. The average molecular weight is 534 g/mol. The second-order valence-electron chi connectivity index (χ2n) is 7.48. The van der Waals surface area contributed by atoms with Crippen molar-refractivity contribution in [2.75, 3.05) is 11.1 Å². The van der Waals surface area contributed by atoms with Gasteiger partial charge in [0.1, 0.15) is 5.75 Å². The van der Waals surface area contributed by atoms with Crippen LogP contribution in [0.5, 0.6) is 5.75 Å². The lowest BCUT2D eigenvalue weighted by molar-refractivity contribution is -0.113. The molecule has 2 aromatic carbocycles. The van der Waals surface area contributed by atoms with E-state index in [-0.39, 0.29) is 17.8 Å². The third-order valence-corrected chi connectivity index (χ3v) is 7.19. The predicted molar refractivity (Wildman–Crippen MR) is 138 cm³/mol. The van der Waals surface area contributed by atoms with E-state index in [1.54, 1.807) is 6.07 Å². The van der Waals surface area contributed by atoms with Gasteiger partial charge in [0, 0.05) is 23.0 Å². The van der Waals surface area contributed by atoms with Crippen molar-refractivity contribution in [2.45, 2.75) is 25.1 Å². The topological polar surface area (TPSA) is 81.9 Å². The Balaban J connectivity index is 1.34. The Morgan fingerprint density at radius 2 is 1.97 bits per heavy atom. The van der Waals surface area contributed by atoms with Crippen molar-refractivity contribution in [3.63, 3.8) is 0 Å². The summed E-state index contributed by atoms with van der Waals surface area (Å²) in [6.07, 6.45) is -0.374. The molecule has 1 amide bonds. The lowest BCUT2D eigenvalue weighted by Gasteiger charge is -2.15. The maximum absolute atomic E-state index is 12.5. The quantitative estimate of drug-likeness (QED) is 0.263. The molecule has 0 aliphatic rings. The summed E-state index contributed by atoms with van der Waals surface area (Å²) in [5, 5.41) is 15.5. The van der Waals surface area contributed by atoms with Crippen LogP contribution in [0.4, 0.5) is 5.13 Å². The number of anilines is 1. The van der Waals surface area contributed by atoms with Gasteiger partial charge in [0.15, 0.2) is 22.2 Å². The second kappa shape index (κ2) is 10.8. The third kappa shape index (κ3) is 5.90. The molecule has 4 rings (SSSR count). The van der Waals surface area contributed by atoms with Gasteiger partial charge in [-0.15, -0.1) is 21.5 Å². The van der Waals surface area contributed by atoms with E-state index < -0.39 is 0 Å². The number of thioether (sulfide) groups is 1. The average Bonchev–Trinajstić information content (AvgIpc) is 3.42. The maximum atomic E-state index is 12.5. The van der Waals surface area contributed by atoms with E-state index in [9.17, 15) is 4.79 Å². The summed E-state index contributed by atoms with van der Waals surface area (Å²) < 4.78 is 7.81. The molecule has 2 aromatic heterocycles. The minimum Gasteiger partial charge on any atom is -0.481 e. The van der Waals surface area contributed by atoms with Crippen molar-refractivity contribution >= 4 is 57.3 Å². The van der Waals surface area contributed by atoms with E-state index in [0.717, 1.165) is 16.8 Å². The summed E-state index contributed by atoms with van der Waals surface area (Å²) in [7, 11) is 1.84. The zero-order valence-corrected chi connectivity index (χ0v) is 21.7. The molecule has 34 heavy (non-hydrogen) atoms. The summed E-state index contributed by atoms with van der Waals surface area (Å²) in [6.45, 7) is 3.85. The van der Waals surface area contributed by atoms with Gasteiger partial charge in [-0.1, -0.05) is 53.2 Å². The van der Waals surface area contributed by atoms with Crippen molar-refractivity contribution in [3.8, 4) is 17.0 Å². The van der Waals surface area contributed by atoms with Gasteiger partial charge in [0.25, 0.3) is 0 Å². The number of carbonyl (C=O) groups is 1. The zero-order valence-electron chi connectivity index (χ0n) is 18.6. The second-order valence-corrected chi connectivity index (χ2v) is 10.1. The fourth-order valence-electron chi connectivity index (χ4n) is 3.12. The summed E-state index contributed by atoms with van der Waals surface area (Å²) in [5.74, 6) is 1.21. The smallest absolute Gasteiger partial charge is 0.236 e. The van der Waals surface area contributed by atoms with Gasteiger partial charge in [0.2, 0.25) is 5.91 Å². The number of hydrogen-bond donors (Lipinski definition) is 1. The third-order valence-electron chi connectivity index (χ3n) is 4.85. The highest BCUT2D eigenvalue weighted by Gasteiger charge is 2.19. The summed E-state index contributed by atoms with van der Waals surface area (Å²) in [5.41, 5.74) is 2.77. The van der Waals surface area contributed by atoms with Crippen LogP contribution in [-0.2, 0) is 11.8 Å². The Kier molecular flexibility index (Phi) is 7.77. The van der Waals surface area contributed by atoms with Crippen molar-refractivity contribution < 1.29 is 9.53 Å². The first kappa shape index (κ1) is 24.5. The van der Waals surface area contributed by atoms with Crippen LogP contribution in [0.2, 0.25) is 10.0 Å². The van der Waals surface area contributed by atoms with Crippen LogP contribution in [-0.4, -0.2) is 31.4 Å². The molecule has 0 saturated carbocycles. The van der Waals surface area contributed by atoms with Crippen molar-refractivity contribution in [2.24, 2.45) is 7.05 Å². The highest BCUT2D eigenvalue weighted by Crippen LogP contribution is 2.30. The van der Waals surface area contributed by atoms with E-state index in [2.05, 4.69) is 20.5 Å². The summed E-state index contributed by atoms with van der Waals surface area (Å²) in [6, 6.07) is 13.0. The van der Waals surface area contributed by atoms with Crippen LogP contribution in [0.1, 0.15) is 24.4 Å². The molecule has 0 bridgehead atoms. The molecule has 11 heteroatoms. The Labute approximate surface area is 215 Å². The highest BCUT2D eigenvalue weighted by molar-refractivity contribution is 7.99. The number of aryl methyl sites for hydroxylation is 1. The number of rotatable bonds is 8. The van der Waals surface area contributed by atoms with Gasteiger partial charge >= 0.3 is 0 Å². The molecular weight excluding hydrogens is 513 g/mol. The zero-order chi connectivity index (χ0) is 24.2. The molecule has 0 radical (unpaired) electrons. The lowest BCUT2D eigenvalue weighted by atomic mass is 10.2. The van der Waals surface area contributed by atoms with Crippen molar-refractivity contribution in [1.82, 2.24) is 19.7 Å². The highest BCUT2D eigenvalue weighted by atomic mass is 35.5. The van der Waals surface area contributed by atoms with Crippen LogP contribution in [0.3, 0.4) is 0 Å². The molecule has 7 nitrogen and oxygen atoms in total. The van der Waals surface area contributed by atoms with Crippen LogP contribution < -0.4 is 10.1 Å². The molecule has 1 atom stereocenters. The molecule has 176 valence electrons. The number of amides is 1. The Bertz CT molecular complexity index is 1310. The van der Waals surface area contributed by atoms with Crippen molar-refractivity contribution in [3.05, 3.63) is 69.3 Å². The molecule has 2 heterocycles. The number of hydrogen-bond acceptors (Lipinski definition) is 7. The van der Waals surface area contributed by atoms with E-state index >= 15 is 0 Å². The summed E-state index contributed by atoms with van der Waals surface area (Å²) in [4.78, 5) is 16.9. The Hall–Kier alpha value is -2.59. The lowest BCUT2D eigenvalue weighted by Crippen LogP contribution is -2.14. The maximum Gasteiger partial charge on any atom is 0.236 e. The first-order chi connectivity index (χ1) is 16.3.